The van der Waals surface area contributed by atoms with E-state index in [0.717, 1.165) is 56.1 Å². The number of nitrogens with one attached hydrogen (secondary N) is 1. The van der Waals surface area contributed by atoms with E-state index >= 15 is 0 Å². The summed E-state index contributed by atoms with van der Waals surface area (Å²) in [7, 11) is 0. The zero-order valence-corrected chi connectivity index (χ0v) is 24.9. The van der Waals surface area contributed by atoms with Gasteiger partial charge in [-0.2, -0.15) is 0 Å². The maximum Gasteiger partial charge on any atom is 0.408 e. The average Bonchev–Trinajstić information content (AvgIpc) is 2.80. The minimum absolute atomic E-state index is 0.0304. The fraction of sp³-hybridized carbons (Fsp3) is 0.697. The third-order valence-electron chi connectivity index (χ3n) is 11.7. The monoisotopic (exact) mass is 521 g/mol. The number of hydrogen-bond donors (Lipinski definition) is 2. The molecule has 0 aromatic heterocycles. The lowest BCUT2D eigenvalue weighted by molar-refractivity contribution is -0.153. The number of carbonyl (C=O) groups excluding carboxylic acids is 2. The van der Waals surface area contributed by atoms with Crippen LogP contribution in [0.1, 0.15) is 107 Å². The molecule has 5 heteroatoms. The smallest absolute Gasteiger partial charge is 0.408 e. The second-order valence-corrected chi connectivity index (χ2v) is 15.2. The van der Waals surface area contributed by atoms with Crippen molar-refractivity contribution in [1.82, 2.24) is 5.32 Å². The molecule has 3 fully saturated rings. The Morgan fingerprint density at radius 3 is 2.32 bits per heavy atom. The van der Waals surface area contributed by atoms with Crippen LogP contribution in [-0.4, -0.2) is 28.1 Å². The number of hydrogen-bond acceptors (Lipinski definition) is 4. The number of allylic oxidation sites excluding steroid dienone is 7. The molecule has 0 aromatic carbocycles. The molecule has 5 aliphatic carbocycles. The average molecular weight is 522 g/mol. The summed E-state index contributed by atoms with van der Waals surface area (Å²) in [5.74, 6) is 0.0497. The third kappa shape index (κ3) is 3.78. The molecule has 5 aliphatic rings. The number of carbonyl (C=O) groups is 2. The van der Waals surface area contributed by atoms with Crippen LogP contribution in [0.5, 0.6) is 0 Å². The molecule has 0 radical (unpaired) electrons. The number of aliphatic hydroxyl groups excluding tert-OH is 1. The predicted octanol–water partition coefficient (Wildman–Crippen LogP) is 7.89. The summed E-state index contributed by atoms with van der Waals surface area (Å²) < 4.78 is 5.66. The fourth-order valence-electron chi connectivity index (χ4n) is 9.12. The molecule has 208 valence electrons. The molecule has 0 heterocycles. The molecule has 0 aliphatic heterocycles. The number of rotatable bonds is 1. The first kappa shape index (κ1) is 27.3. The first-order valence-corrected chi connectivity index (χ1v) is 14.5. The van der Waals surface area contributed by atoms with Gasteiger partial charge in [0.1, 0.15) is 5.60 Å². The van der Waals surface area contributed by atoms with Crippen molar-refractivity contribution in [3.8, 4) is 0 Å². The molecule has 2 N–H and O–H groups in total. The Hall–Kier alpha value is -2.30. The van der Waals surface area contributed by atoms with Crippen LogP contribution in [0.4, 0.5) is 4.79 Å². The molecular weight excluding hydrogens is 474 g/mol. The number of aliphatic hydroxyl groups is 1. The molecular formula is C33H47NO4. The Balaban J connectivity index is 1.53. The summed E-state index contributed by atoms with van der Waals surface area (Å²) in [5.41, 5.74) is 3.42. The maximum atomic E-state index is 12.8. The van der Waals surface area contributed by atoms with Gasteiger partial charge in [-0.15, -0.1) is 0 Å². The Kier molecular flexibility index (Phi) is 5.82. The van der Waals surface area contributed by atoms with Crippen molar-refractivity contribution >= 4 is 11.9 Å². The lowest BCUT2D eigenvalue weighted by atomic mass is 9.35. The summed E-state index contributed by atoms with van der Waals surface area (Å²) in [6, 6.07) is 0. The summed E-state index contributed by atoms with van der Waals surface area (Å²) in [5, 5.41) is 13.6. The summed E-state index contributed by atoms with van der Waals surface area (Å²) in [6.07, 6.45) is 13.2. The number of ketones is 1. The maximum absolute atomic E-state index is 12.8. The van der Waals surface area contributed by atoms with Crippen LogP contribution in [0, 0.1) is 27.6 Å². The lowest BCUT2D eigenvalue weighted by Gasteiger charge is -2.70. The van der Waals surface area contributed by atoms with Crippen LogP contribution in [0.15, 0.2) is 46.3 Å². The lowest BCUT2D eigenvalue weighted by Crippen LogP contribution is -2.64. The Morgan fingerprint density at radius 2 is 1.66 bits per heavy atom. The quantitative estimate of drug-likeness (QED) is 0.368. The first-order chi connectivity index (χ1) is 17.4. The van der Waals surface area contributed by atoms with Crippen molar-refractivity contribution in [2.24, 2.45) is 27.6 Å². The van der Waals surface area contributed by atoms with Gasteiger partial charge < -0.3 is 15.2 Å². The van der Waals surface area contributed by atoms with Crippen molar-refractivity contribution < 1.29 is 19.4 Å². The minimum Gasteiger partial charge on any atom is -0.504 e. The van der Waals surface area contributed by atoms with Gasteiger partial charge in [0.05, 0.1) is 0 Å². The van der Waals surface area contributed by atoms with E-state index in [1.165, 1.54) is 5.57 Å². The van der Waals surface area contributed by atoms with Gasteiger partial charge in [0.2, 0.25) is 5.78 Å². The normalized spacial score (nSPS) is 42.5. The van der Waals surface area contributed by atoms with E-state index in [4.69, 9.17) is 4.74 Å². The standard InChI is InChI=1S/C33H47NO4/c1-20-21-10-11-24-31(7,22(21)18-23(35)26(20)36)15-17-33(9)25-19-30(6,34-27(37)38-28(2,3)4)14-12-29(25,5)13-16-32(24,33)8/h10-11,18,25,36H,12-17,19H2,1-9H3,(H,34,37)/t25-,29-,30-,31+,32-,33+/m1/s1. The van der Waals surface area contributed by atoms with Crippen LogP contribution < -0.4 is 5.32 Å². The van der Waals surface area contributed by atoms with Gasteiger partial charge in [-0.25, -0.2) is 4.79 Å². The number of amides is 1. The van der Waals surface area contributed by atoms with Crippen LogP contribution in [0.3, 0.4) is 0 Å². The molecule has 3 saturated carbocycles. The Labute approximate surface area is 228 Å². The minimum atomic E-state index is -0.522. The van der Waals surface area contributed by atoms with Crippen molar-refractivity contribution in [3.63, 3.8) is 0 Å². The predicted molar refractivity (Wildman–Crippen MR) is 151 cm³/mol. The van der Waals surface area contributed by atoms with Gasteiger partial charge in [0.15, 0.2) is 5.76 Å². The second-order valence-electron chi connectivity index (χ2n) is 15.2. The molecule has 0 saturated heterocycles. The third-order valence-corrected chi connectivity index (χ3v) is 11.7. The van der Waals surface area contributed by atoms with Crippen LogP contribution in [-0.2, 0) is 9.53 Å². The largest absolute Gasteiger partial charge is 0.504 e. The van der Waals surface area contributed by atoms with Gasteiger partial charge in [0.25, 0.3) is 0 Å². The number of fused-ring (bicyclic) bond motifs is 7. The highest BCUT2D eigenvalue weighted by Crippen LogP contribution is 2.75. The van der Waals surface area contributed by atoms with E-state index in [1.807, 2.05) is 27.7 Å². The van der Waals surface area contributed by atoms with Gasteiger partial charge in [-0.05, 0) is 119 Å². The van der Waals surface area contributed by atoms with E-state index < -0.39 is 5.60 Å². The van der Waals surface area contributed by atoms with E-state index in [2.05, 4.69) is 52.1 Å². The van der Waals surface area contributed by atoms with E-state index in [1.54, 1.807) is 6.08 Å². The zero-order valence-electron chi connectivity index (χ0n) is 24.9. The van der Waals surface area contributed by atoms with Gasteiger partial charge in [0, 0.05) is 16.5 Å². The second kappa shape index (κ2) is 8.11. The van der Waals surface area contributed by atoms with E-state index in [-0.39, 0.29) is 44.8 Å². The van der Waals surface area contributed by atoms with E-state index in [0.29, 0.717) is 11.5 Å². The molecule has 0 bridgehead atoms. The molecule has 5 rings (SSSR count). The Bertz CT molecular complexity index is 1230. The van der Waals surface area contributed by atoms with Crippen molar-refractivity contribution in [2.75, 3.05) is 0 Å². The summed E-state index contributed by atoms with van der Waals surface area (Å²) in [4.78, 5) is 25.5. The molecule has 0 aromatic rings. The van der Waals surface area contributed by atoms with Crippen molar-refractivity contribution in [1.29, 1.82) is 0 Å². The van der Waals surface area contributed by atoms with Crippen molar-refractivity contribution in [2.45, 2.75) is 118 Å². The highest BCUT2D eigenvalue weighted by molar-refractivity contribution is 6.06. The zero-order chi connectivity index (χ0) is 28.1. The Morgan fingerprint density at radius 1 is 1.00 bits per heavy atom. The first-order valence-electron chi connectivity index (χ1n) is 14.5. The van der Waals surface area contributed by atoms with Crippen LogP contribution in [0.2, 0.25) is 0 Å². The highest BCUT2D eigenvalue weighted by Gasteiger charge is 2.66. The molecule has 5 nitrogen and oxygen atoms in total. The number of ether oxygens (including phenoxy) is 1. The molecule has 6 atom stereocenters. The van der Waals surface area contributed by atoms with Crippen LogP contribution >= 0.6 is 0 Å². The topological polar surface area (TPSA) is 75.6 Å². The fourth-order valence-corrected chi connectivity index (χ4v) is 9.12. The summed E-state index contributed by atoms with van der Waals surface area (Å²) >= 11 is 0. The van der Waals surface area contributed by atoms with Crippen LogP contribution in [0.25, 0.3) is 0 Å². The SMILES string of the molecule is CC1=C(O)C(=O)C=C2C1=CC=C1[C@@]2(C)CC[C@@]2(C)[C@@H]3C[C@](C)(NC(=O)OC(C)(C)C)CC[C@]3(C)CC[C@]12C. The van der Waals surface area contributed by atoms with Gasteiger partial charge in [-0.1, -0.05) is 45.4 Å². The molecule has 0 unspecified atom stereocenters. The molecule has 1 amide bonds. The van der Waals surface area contributed by atoms with Gasteiger partial charge in [-0.3, -0.25) is 4.79 Å². The van der Waals surface area contributed by atoms with Crippen molar-refractivity contribution in [3.05, 3.63) is 46.3 Å². The van der Waals surface area contributed by atoms with E-state index in [9.17, 15) is 14.7 Å². The summed E-state index contributed by atoms with van der Waals surface area (Å²) in [6.45, 7) is 19.5. The molecule has 0 spiro atoms. The van der Waals surface area contributed by atoms with Gasteiger partial charge >= 0.3 is 6.09 Å². The highest BCUT2D eigenvalue weighted by atomic mass is 16.6. The number of alkyl carbamates (subject to hydrolysis) is 1. The molecule has 38 heavy (non-hydrogen) atoms.